The van der Waals surface area contributed by atoms with Gasteiger partial charge in [0.05, 0.1) is 29.9 Å². The van der Waals surface area contributed by atoms with Crippen molar-refractivity contribution in [2.45, 2.75) is 109 Å². The van der Waals surface area contributed by atoms with Crippen LogP contribution in [-0.2, 0) is 23.9 Å². The van der Waals surface area contributed by atoms with Gasteiger partial charge >= 0.3 is 5.97 Å². The van der Waals surface area contributed by atoms with E-state index in [1.807, 2.05) is 69.3 Å². The molecule has 3 aromatic rings. The quantitative estimate of drug-likeness (QED) is 0.170. The lowest BCUT2D eigenvalue weighted by Gasteiger charge is -2.46. The fourth-order valence-corrected chi connectivity index (χ4v) is 7.68. The minimum Gasteiger partial charge on any atom is -0.455 e. The van der Waals surface area contributed by atoms with Crippen molar-refractivity contribution in [2.24, 2.45) is 23.5 Å². The second kappa shape index (κ2) is 18.0. The van der Waals surface area contributed by atoms with Gasteiger partial charge in [0.1, 0.15) is 17.8 Å². The lowest BCUT2D eigenvalue weighted by Crippen LogP contribution is -2.58. The van der Waals surface area contributed by atoms with Gasteiger partial charge in [-0.15, -0.1) is 0 Å². The molecule has 12 heteroatoms. The van der Waals surface area contributed by atoms with E-state index in [0.29, 0.717) is 35.9 Å². The van der Waals surface area contributed by atoms with E-state index in [4.69, 9.17) is 10.5 Å². The number of para-hydroxylation sites is 1. The standard InChI is InChI=1S/C42H56N6O6/c1-26(2)41(53)54-37(28-14-7-6-8-15-28)32(21-22-48-25-30-17-10-9-16-29(30)23-35(48)40(52)47-42(3,4)5)45-39(51)34(24-36(43)49)46-38(50)33-20-19-27-13-11-12-18-31(27)44-33/h6-8,11-15,18-20,26,29-30,32,34-35,37H,9-10,16-17,21-25H2,1-5H3,(H2,43,49)(H,45,51)(H,46,50)(H,47,52)/t29-,30+,32-,34+,35-,37?/m0/s1. The van der Waals surface area contributed by atoms with Crippen LogP contribution in [0.2, 0.25) is 0 Å². The highest BCUT2D eigenvalue weighted by atomic mass is 16.5. The fourth-order valence-electron chi connectivity index (χ4n) is 7.68. The van der Waals surface area contributed by atoms with Crippen LogP contribution in [0.4, 0.5) is 0 Å². The minimum absolute atomic E-state index is 0.0236. The monoisotopic (exact) mass is 740 g/mol. The zero-order chi connectivity index (χ0) is 39.0. The number of esters is 1. The second-order valence-corrected chi connectivity index (χ2v) is 16.2. The number of carbonyl (C=O) groups is 5. The summed E-state index contributed by atoms with van der Waals surface area (Å²) in [6, 6.07) is 17.3. The number of piperidine rings is 1. The Kier molecular flexibility index (Phi) is 13.4. The molecule has 2 heterocycles. The van der Waals surface area contributed by atoms with Gasteiger partial charge in [-0.1, -0.05) is 87.7 Å². The van der Waals surface area contributed by atoms with E-state index in [0.717, 1.165) is 37.6 Å². The third-order valence-corrected chi connectivity index (χ3v) is 10.4. The Labute approximate surface area is 318 Å². The van der Waals surface area contributed by atoms with E-state index in [1.54, 1.807) is 32.0 Å². The molecule has 5 rings (SSSR count). The Balaban J connectivity index is 1.44. The van der Waals surface area contributed by atoms with Gasteiger partial charge in [0.2, 0.25) is 17.7 Å². The van der Waals surface area contributed by atoms with E-state index >= 15 is 0 Å². The minimum atomic E-state index is -1.34. The molecule has 2 aromatic carbocycles. The number of primary amides is 1. The van der Waals surface area contributed by atoms with Crippen molar-refractivity contribution in [3.05, 3.63) is 78.0 Å². The number of fused-ring (bicyclic) bond motifs is 2. The Bertz CT molecular complexity index is 1790. The van der Waals surface area contributed by atoms with Crippen molar-refractivity contribution in [1.29, 1.82) is 0 Å². The molecule has 6 atom stereocenters. The number of rotatable bonds is 14. The van der Waals surface area contributed by atoms with Crippen LogP contribution < -0.4 is 21.7 Å². The first-order chi connectivity index (χ1) is 25.7. The number of likely N-dealkylation sites (tertiary alicyclic amines) is 1. The molecule has 4 amide bonds. The molecule has 1 aliphatic heterocycles. The Morgan fingerprint density at radius 2 is 1.59 bits per heavy atom. The van der Waals surface area contributed by atoms with Gasteiger partial charge in [0.15, 0.2) is 0 Å². The van der Waals surface area contributed by atoms with E-state index < -0.39 is 59.8 Å². The van der Waals surface area contributed by atoms with Crippen LogP contribution in [-0.4, -0.2) is 76.2 Å². The Morgan fingerprint density at radius 3 is 2.28 bits per heavy atom. The second-order valence-electron chi connectivity index (χ2n) is 16.2. The number of pyridine rings is 1. The molecule has 1 aliphatic carbocycles. The van der Waals surface area contributed by atoms with Crippen LogP contribution in [0, 0.1) is 17.8 Å². The Morgan fingerprint density at radius 1 is 0.907 bits per heavy atom. The predicted octanol–water partition coefficient (Wildman–Crippen LogP) is 4.82. The topological polar surface area (TPSA) is 173 Å². The van der Waals surface area contributed by atoms with Crippen molar-refractivity contribution in [3.8, 4) is 0 Å². The molecule has 1 saturated heterocycles. The molecular weight excluding hydrogens is 684 g/mol. The van der Waals surface area contributed by atoms with Crippen molar-refractivity contribution in [3.63, 3.8) is 0 Å². The van der Waals surface area contributed by atoms with Crippen molar-refractivity contribution in [2.75, 3.05) is 13.1 Å². The summed E-state index contributed by atoms with van der Waals surface area (Å²) in [5.41, 5.74) is 6.53. The maximum absolute atomic E-state index is 14.2. The number of amides is 4. The maximum Gasteiger partial charge on any atom is 0.309 e. The highest BCUT2D eigenvalue weighted by Crippen LogP contribution is 2.39. The summed E-state index contributed by atoms with van der Waals surface area (Å²) in [5, 5.41) is 9.74. The van der Waals surface area contributed by atoms with Crippen LogP contribution in [0.15, 0.2) is 66.7 Å². The first kappa shape index (κ1) is 40.3. The molecule has 2 aliphatic rings. The first-order valence-corrected chi connectivity index (χ1v) is 19.3. The molecule has 1 aromatic heterocycles. The third kappa shape index (κ3) is 10.9. The molecular formula is C42H56N6O6. The highest BCUT2D eigenvalue weighted by molar-refractivity contribution is 5.99. The smallest absolute Gasteiger partial charge is 0.309 e. The van der Waals surface area contributed by atoms with Crippen molar-refractivity contribution < 1.29 is 28.7 Å². The number of hydrogen-bond donors (Lipinski definition) is 4. The predicted molar refractivity (Wildman–Crippen MR) is 207 cm³/mol. The van der Waals surface area contributed by atoms with Gasteiger partial charge < -0.3 is 26.4 Å². The summed E-state index contributed by atoms with van der Waals surface area (Å²) in [6.45, 7) is 10.6. The SMILES string of the molecule is CC(C)C(=O)OC(c1ccccc1)[C@H](CCN1C[C@H]2CCCC[C@H]2C[C@H]1C(=O)NC(C)(C)C)NC(=O)[C@@H](CC(N)=O)NC(=O)c1ccc2ccccc2n1. The van der Waals surface area contributed by atoms with E-state index in [9.17, 15) is 24.0 Å². The van der Waals surface area contributed by atoms with Gasteiger partial charge in [-0.3, -0.25) is 28.9 Å². The van der Waals surface area contributed by atoms with Gasteiger partial charge in [-0.25, -0.2) is 4.98 Å². The van der Waals surface area contributed by atoms with Gasteiger partial charge in [0, 0.05) is 24.0 Å². The number of nitrogens with zero attached hydrogens (tertiary/aromatic N) is 2. The number of hydrogen-bond acceptors (Lipinski definition) is 8. The number of benzene rings is 2. The average Bonchev–Trinajstić information content (AvgIpc) is 3.13. The summed E-state index contributed by atoms with van der Waals surface area (Å²) in [7, 11) is 0. The molecule has 12 nitrogen and oxygen atoms in total. The fraction of sp³-hybridized carbons (Fsp3) is 0.524. The van der Waals surface area contributed by atoms with E-state index in [2.05, 4.69) is 25.8 Å². The number of aromatic nitrogens is 1. The summed E-state index contributed by atoms with van der Waals surface area (Å²) in [4.78, 5) is 73.6. The van der Waals surface area contributed by atoms with E-state index in [1.165, 1.54) is 6.42 Å². The molecule has 0 bridgehead atoms. The van der Waals surface area contributed by atoms with Gasteiger partial charge in [0.25, 0.3) is 5.91 Å². The molecule has 5 N–H and O–H groups in total. The molecule has 0 radical (unpaired) electrons. The Hall–Kier alpha value is -4.84. The largest absolute Gasteiger partial charge is 0.455 e. The van der Waals surface area contributed by atoms with Gasteiger partial charge in [-0.2, -0.15) is 0 Å². The normalized spacial score (nSPS) is 20.6. The van der Waals surface area contributed by atoms with Crippen LogP contribution in [0.25, 0.3) is 10.9 Å². The third-order valence-electron chi connectivity index (χ3n) is 10.4. The number of nitrogens with two attached hydrogens (primary N) is 1. The summed E-state index contributed by atoms with van der Waals surface area (Å²) in [5.74, 6) is -2.07. The number of ether oxygens (including phenoxy) is 1. The molecule has 54 heavy (non-hydrogen) atoms. The maximum atomic E-state index is 14.2. The number of nitrogens with one attached hydrogen (secondary N) is 3. The van der Waals surface area contributed by atoms with E-state index in [-0.39, 0.29) is 17.6 Å². The van der Waals surface area contributed by atoms with Crippen LogP contribution >= 0.6 is 0 Å². The first-order valence-electron chi connectivity index (χ1n) is 19.3. The average molecular weight is 741 g/mol. The molecule has 1 saturated carbocycles. The van der Waals surface area contributed by atoms with Crippen LogP contribution in [0.1, 0.15) is 102 Å². The summed E-state index contributed by atoms with van der Waals surface area (Å²) in [6.07, 6.45) is 4.22. The summed E-state index contributed by atoms with van der Waals surface area (Å²) >= 11 is 0. The zero-order valence-electron chi connectivity index (χ0n) is 32.2. The molecule has 1 unspecified atom stereocenters. The zero-order valence-corrected chi connectivity index (χ0v) is 32.2. The van der Waals surface area contributed by atoms with Crippen molar-refractivity contribution >= 4 is 40.5 Å². The highest BCUT2D eigenvalue weighted by Gasteiger charge is 2.41. The van der Waals surface area contributed by atoms with Crippen molar-refractivity contribution in [1.82, 2.24) is 25.8 Å². The van der Waals surface area contributed by atoms with Crippen LogP contribution in [0.3, 0.4) is 0 Å². The molecule has 2 fully saturated rings. The summed E-state index contributed by atoms with van der Waals surface area (Å²) < 4.78 is 6.14. The van der Waals surface area contributed by atoms with Gasteiger partial charge in [-0.05, 0) is 69.6 Å². The molecule has 0 spiro atoms. The number of carbonyl (C=O) groups excluding carboxylic acids is 5. The lowest BCUT2D eigenvalue weighted by molar-refractivity contribution is -0.156. The van der Waals surface area contributed by atoms with Crippen LogP contribution in [0.5, 0.6) is 0 Å². The lowest BCUT2D eigenvalue weighted by atomic mass is 9.72. The molecule has 290 valence electrons.